The Balaban J connectivity index is 1.85. The van der Waals surface area contributed by atoms with Gasteiger partial charge in [-0.05, 0) is 25.1 Å². The highest BCUT2D eigenvalue weighted by atomic mass is 14.9. The second-order valence-corrected chi connectivity index (χ2v) is 4.83. The maximum atomic E-state index is 6.21. The molecule has 3 rings (SSSR count). The van der Waals surface area contributed by atoms with Crippen LogP contribution >= 0.6 is 0 Å². The Morgan fingerprint density at radius 2 is 1.90 bits per heavy atom. The summed E-state index contributed by atoms with van der Waals surface area (Å²) in [5.74, 6) is 0.740. The van der Waals surface area contributed by atoms with Crippen LogP contribution in [0.3, 0.4) is 0 Å². The Labute approximate surface area is 117 Å². The lowest BCUT2D eigenvalue weighted by atomic mass is 10.1. The molecule has 0 amide bonds. The topological polar surface area (TPSA) is 64.7 Å². The Hall–Kier alpha value is -2.33. The van der Waals surface area contributed by atoms with E-state index >= 15 is 0 Å². The van der Waals surface area contributed by atoms with Gasteiger partial charge >= 0.3 is 0 Å². The van der Waals surface area contributed by atoms with Gasteiger partial charge in [0.1, 0.15) is 5.82 Å². The molecule has 4 nitrogen and oxygen atoms in total. The van der Waals surface area contributed by atoms with E-state index < -0.39 is 0 Å². The lowest BCUT2D eigenvalue weighted by Crippen LogP contribution is -2.16. The predicted octanol–water partition coefficient (Wildman–Crippen LogP) is 2.58. The first-order valence-electron chi connectivity index (χ1n) is 6.62. The zero-order valence-corrected chi connectivity index (χ0v) is 11.3. The normalized spacial score (nSPS) is 12.5. The zero-order valence-electron chi connectivity index (χ0n) is 11.3. The van der Waals surface area contributed by atoms with Gasteiger partial charge in [0.15, 0.2) is 0 Å². The van der Waals surface area contributed by atoms with Crippen molar-refractivity contribution in [3.63, 3.8) is 0 Å². The second kappa shape index (κ2) is 5.35. The van der Waals surface area contributed by atoms with Crippen LogP contribution < -0.4 is 5.73 Å². The number of pyridine rings is 1. The van der Waals surface area contributed by atoms with Crippen molar-refractivity contribution in [3.05, 3.63) is 65.9 Å². The van der Waals surface area contributed by atoms with Gasteiger partial charge in [-0.3, -0.25) is 4.98 Å². The van der Waals surface area contributed by atoms with Gasteiger partial charge in [0.05, 0.1) is 17.3 Å². The van der Waals surface area contributed by atoms with Crippen LogP contribution in [0, 0.1) is 6.92 Å². The number of rotatable bonds is 3. The quantitative estimate of drug-likeness (QED) is 0.789. The molecule has 0 spiro atoms. The highest BCUT2D eigenvalue weighted by molar-refractivity contribution is 5.78. The third-order valence-electron chi connectivity index (χ3n) is 3.26. The maximum Gasteiger partial charge on any atom is 0.125 e. The SMILES string of the molecule is Cc1nccc(C(N)Cc2ccc3ccccc3n2)n1. The fourth-order valence-corrected chi connectivity index (χ4v) is 2.23. The maximum absolute atomic E-state index is 6.21. The molecule has 100 valence electrons. The number of aryl methyl sites for hydroxylation is 1. The minimum atomic E-state index is -0.162. The van der Waals surface area contributed by atoms with Crippen molar-refractivity contribution in [1.82, 2.24) is 15.0 Å². The summed E-state index contributed by atoms with van der Waals surface area (Å²) in [6.45, 7) is 1.87. The number of aromatic nitrogens is 3. The van der Waals surface area contributed by atoms with E-state index in [0.717, 1.165) is 28.1 Å². The van der Waals surface area contributed by atoms with Crippen molar-refractivity contribution in [3.8, 4) is 0 Å². The van der Waals surface area contributed by atoms with Crippen LogP contribution in [0.2, 0.25) is 0 Å². The van der Waals surface area contributed by atoms with Gasteiger partial charge in [-0.15, -0.1) is 0 Å². The molecule has 0 aliphatic carbocycles. The molecule has 0 saturated carbocycles. The Kier molecular flexibility index (Phi) is 3.39. The number of para-hydroxylation sites is 1. The molecule has 20 heavy (non-hydrogen) atoms. The summed E-state index contributed by atoms with van der Waals surface area (Å²) in [5, 5.41) is 1.14. The van der Waals surface area contributed by atoms with Gasteiger partial charge in [-0.2, -0.15) is 0 Å². The number of fused-ring (bicyclic) bond motifs is 1. The average molecular weight is 264 g/mol. The van der Waals surface area contributed by atoms with E-state index in [1.165, 1.54) is 0 Å². The minimum absolute atomic E-state index is 0.162. The van der Waals surface area contributed by atoms with Crippen LogP contribution in [0.25, 0.3) is 10.9 Å². The van der Waals surface area contributed by atoms with Gasteiger partial charge in [-0.25, -0.2) is 9.97 Å². The number of nitrogens with two attached hydrogens (primary N) is 1. The monoisotopic (exact) mass is 264 g/mol. The highest BCUT2D eigenvalue weighted by Crippen LogP contribution is 2.16. The van der Waals surface area contributed by atoms with Gasteiger partial charge in [0.25, 0.3) is 0 Å². The molecular weight excluding hydrogens is 248 g/mol. The fraction of sp³-hybridized carbons (Fsp3) is 0.188. The van der Waals surface area contributed by atoms with Crippen LogP contribution in [0.4, 0.5) is 0 Å². The Bertz CT molecular complexity index is 739. The van der Waals surface area contributed by atoms with Crippen LogP contribution in [-0.4, -0.2) is 15.0 Å². The molecule has 0 fully saturated rings. The third kappa shape index (κ3) is 2.65. The summed E-state index contributed by atoms with van der Waals surface area (Å²) in [4.78, 5) is 13.1. The summed E-state index contributed by atoms with van der Waals surface area (Å²) in [5.41, 5.74) is 9.04. The lowest BCUT2D eigenvalue weighted by molar-refractivity contribution is 0.677. The van der Waals surface area contributed by atoms with Crippen molar-refractivity contribution in [2.24, 2.45) is 5.73 Å². The molecule has 1 unspecified atom stereocenters. The lowest BCUT2D eigenvalue weighted by Gasteiger charge is -2.11. The van der Waals surface area contributed by atoms with Gasteiger partial charge in [-0.1, -0.05) is 24.3 Å². The first-order chi connectivity index (χ1) is 9.72. The largest absolute Gasteiger partial charge is 0.322 e. The molecular formula is C16H16N4. The number of nitrogens with zero attached hydrogens (tertiary/aromatic N) is 3. The van der Waals surface area contributed by atoms with E-state index in [-0.39, 0.29) is 6.04 Å². The molecule has 2 heterocycles. The summed E-state index contributed by atoms with van der Waals surface area (Å²) in [6.07, 6.45) is 2.41. The summed E-state index contributed by atoms with van der Waals surface area (Å²) < 4.78 is 0. The smallest absolute Gasteiger partial charge is 0.125 e. The van der Waals surface area contributed by atoms with Gasteiger partial charge in [0, 0.05) is 23.7 Å². The average Bonchev–Trinajstić information content (AvgIpc) is 2.47. The molecule has 2 aromatic heterocycles. The molecule has 3 aromatic rings. The Morgan fingerprint density at radius 3 is 2.75 bits per heavy atom. The molecule has 0 aliphatic heterocycles. The standard InChI is InChI=1S/C16H16N4/c1-11-18-9-8-16(19-11)14(17)10-13-7-6-12-4-2-3-5-15(12)20-13/h2-9,14H,10,17H2,1H3. The minimum Gasteiger partial charge on any atom is -0.322 e. The van der Waals surface area contributed by atoms with E-state index in [1.807, 2.05) is 37.3 Å². The highest BCUT2D eigenvalue weighted by Gasteiger charge is 2.10. The molecule has 4 heteroatoms. The van der Waals surface area contributed by atoms with Crippen molar-refractivity contribution >= 4 is 10.9 Å². The van der Waals surface area contributed by atoms with E-state index in [1.54, 1.807) is 6.20 Å². The van der Waals surface area contributed by atoms with Crippen LogP contribution in [0.15, 0.2) is 48.7 Å². The van der Waals surface area contributed by atoms with E-state index in [4.69, 9.17) is 5.73 Å². The summed E-state index contributed by atoms with van der Waals surface area (Å²) in [6, 6.07) is 13.9. The van der Waals surface area contributed by atoms with Gasteiger partial charge < -0.3 is 5.73 Å². The molecule has 0 aliphatic rings. The first-order valence-corrected chi connectivity index (χ1v) is 6.62. The predicted molar refractivity (Wildman–Crippen MR) is 79.1 cm³/mol. The molecule has 1 aromatic carbocycles. The third-order valence-corrected chi connectivity index (χ3v) is 3.26. The summed E-state index contributed by atoms with van der Waals surface area (Å²) in [7, 11) is 0. The van der Waals surface area contributed by atoms with E-state index in [9.17, 15) is 0 Å². The van der Waals surface area contributed by atoms with Crippen LogP contribution in [0.5, 0.6) is 0 Å². The van der Waals surface area contributed by atoms with Crippen LogP contribution in [-0.2, 0) is 6.42 Å². The molecule has 0 radical (unpaired) electrons. The van der Waals surface area contributed by atoms with Gasteiger partial charge in [0.2, 0.25) is 0 Å². The first kappa shape index (κ1) is 12.7. The van der Waals surface area contributed by atoms with Crippen LogP contribution in [0.1, 0.15) is 23.3 Å². The van der Waals surface area contributed by atoms with E-state index in [0.29, 0.717) is 6.42 Å². The van der Waals surface area contributed by atoms with Crippen molar-refractivity contribution in [2.45, 2.75) is 19.4 Å². The second-order valence-electron chi connectivity index (χ2n) is 4.83. The zero-order chi connectivity index (χ0) is 13.9. The van der Waals surface area contributed by atoms with Crippen molar-refractivity contribution < 1.29 is 0 Å². The molecule has 0 bridgehead atoms. The fourth-order valence-electron chi connectivity index (χ4n) is 2.23. The molecule has 1 atom stereocenters. The number of benzene rings is 1. The van der Waals surface area contributed by atoms with Crippen molar-refractivity contribution in [2.75, 3.05) is 0 Å². The Morgan fingerprint density at radius 1 is 1.05 bits per heavy atom. The van der Waals surface area contributed by atoms with E-state index in [2.05, 4.69) is 27.1 Å². The number of hydrogen-bond donors (Lipinski definition) is 1. The van der Waals surface area contributed by atoms with Crippen molar-refractivity contribution in [1.29, 1.82) is 0 Å². The molecule has 0 saturated heterocycles. The summed E-state index contributed by atoms with van der Waals surface area (Å²) >= 11 is 0. The number of hydrogen-bond acceptors (Lipinski definition) is 4. The molecule has 2 N–H and O–H groups in total.